The molecule has 1 aromatic carbocycles. The fraction of sp³-hybridized carbons (Fsp3) is 0.474. The quantitative estimate of drug-likeness (QED) is 0.286. The molecule has 0 saturated heterocycles. The molecule has 0 aliphatic heterocycles. The Kier molecular flexibility index (Phi) is 10.2. The Balaban J connectivity index is 0.00000420. The van der Waals surface area contributed by atoms with Crippen LogP contribution in [0.5, 0.6) is 5.75 Å². The zero-order valence-electron chi connectivity index (χ0n) is 16.7. The summed E-state index contributed by atoms with van der Waals surface area (Å²) in [6, 6.07) is 7.72. The maximum absolute atomic E-state index is 12.6. The van der Waals surface area contributed by atoms with Crippen molar-refractivity contribution in [1.82, 2.24) is 15.6 Å². The molecule has 0 amide bonds. The molecular weight excluding hydrogens is 516 g/mol. The van der Waals surface area contributed by atoms with Crippen LogP contribution in [0.15, 0.2) is 34.6 Å². The van der Waals surface area contributed by atoms with Crippen molar-refractivity contribution in [3.8, 4) is 5.75 Å². The molecule has 2 N–H and O–H groups in total. The minimum atomic E-state index is -4.42. The summed E-state index contributed by atoms with van der Waals surface area (Å²) in [5.41, 5.74) is 0.166. The molecule has 0 fully saturated rings. The lowest BCUT2D eigenvalue weighted by Crippen LogP contribution is -2.38. The monoisotopic (exact) mass is 542 g/mol. The molecule has 1 heterocycles. The molecule has 1 atom stereocenters. The zero-order chi connectivity index (χ0) is 20.7. The number of aromatic nitrogens is 1. The summed E-state index contributed by atoms with van der Waals surface area (Å²) in [5.74, 6) is 1.76. The lowest BCUT2D eigenvalue weighted by atomic mass is 10.1. The normalized spacial score (nSPS) is 13.0. The second kappa shape index (κ2) is 11.6. The summed E-state index contributed by atoms with van der Waals surface area (Å²) < 4.78 is 43.5. The van der Waals surface area contributed by atoms with Gasteiger partial charge in [-0.05, 0) is 30.5 Å². The molecule has 10 heteroatoms. The molecule has 0 aliphatic rings. The van der Waals surface area contributed by atoms with Gasteiger partial charge in [-0.15, -0.1) is 35.3 Å². The fourth-order valence-electron chi connectivity index (χ4n) is 2.28. The predicted octanol–water partition coefficient (Wildman–Crippen LogP) is 5.24. The fourth-order valence-corrected chi connectivity index (χ4v) is 3.02. The lowest BCUT2D eigenvalue weighted by Gasteiger charge is -2.18. The smallest absolute Gasteiger partial charge is 0.434 e. The molecule has 1 aromatic heterocycles. The molecule has 162 valence electrons. The standard InChI is InChI=1S/C19H25F3N4OS.HI/c1-12(2)10-27-15-7-5-14(6-8-15)13(3)25-18(23-4)24-9-17-26-16(11-28-17)19(20,21)22;/h5-8,11-13H,9-10H2,1-4H3,(H2,23,24,25);1H. The Labute approximate surface area is 190 Å². The first-order chi connectivity index (χ1) is 13.2. The third-order valence-corrected chi connectivity index (χ3v) is 4.64. The summed E-state index contributed by atoms with van der Waals surface area (Å²) in [4.78, 5) is 7.71. The van der Waals surface area contributed by atoms with Gasteiger partial charge in [-0.25, -0.2) is 4.98 Å². The Hall–Kier alpha value is -1.56. The second-order valence-electron chi connectivity index (χ2n) is 6.69. The van der Waals surface area contributed by atoms with Crippen LogP contribution in [0.25, 0.3) is 0 Å². The molecule has 2 rings (SSSR count). The van der Waals surface area contributed by atoms with E-state index in [0.717, 1.165) is 28.0 Å². The van der Waals surface area contributed by atoms with Crippen LogP contribution in [0.4, 0.5) is 13.2 Å². The van der Waals surface area contributed by atoms with Crippen LogP contribution >= 0.6 is 35.3 Å². The Morgan fingerprint density at radius 1 is 1.21 bits per heavy atom. The average Bonchev–Trinajstić information content (AvgIpc) is 3.13. The van der Waals surface area contributed by atoms with Crippen molar-refractivity contribution >= 4 is 41.3 Å². The van der Waals surface area contributed by atoms with Gasteiger partial charge in [0, 0.05) is 12.4 Å². The zero-order valence-corrected chi connectivity index (χ0v) is 19.9. The van der Waals surface area contributed by atoms with Crippen LogP contribution in [0.3, 0.4) is 0 Å². The summed E-state index contributed by atoms with van der Waals surface area (Å²) in [6.45, 7) is 6.98. The third-order valence-electron chi connectivity index (χ3n) is 3.79. The SMILES string of the molecule is CN=C(NCc1nc(C(F)(F)F)cs1)NC(C)c1ccc(OCC(C)C)cc1.I. The lowest BCUT2D eigenvalue weighted by molar-refractivity contribution is -0.140. The second-order valence-corrected chi connectivity index (χ2v) is 7.63. The van der Waals surface area contributed by atoms with E-state index < -0.39 is 11.9 Å². The highest BCUT2D eigenvalue weighted by molar-refractivity contribution is 14.0. The summed E-state index contributed by atoms with van der Waals surface area (Å²) in [7, 11) is 1.61. The Morgan fingerprint density at radius 3 is 2.38 bits per heavy atom. The highest BCUT2D eigenvalue weighted by atomic mass is 127. The third kappa shape index (κ3) is 8.37. The van der Waals surface area contributed by atoms with E-state index in [2.05, 4.69) is 34.5 Å². The molecule has 0 aliphatic carbocycles. The highest BCUT2D eigenvalue weighted by Gasteiger charge is 2.33. The molecular formula is C19H26F3IN4OS. The number of thiazole rings is 1. The molecule has 0 saturated carbocycles. The summed E-state index contributed by atoms with van der Waals surface area (Å²) in [5, 5.41) is 7.56. The Bertz CT molecular complexity index is 779. The van der Waals surface area contributed by atoms with Crippen molar-refractivity contribution < 1.29 is 17.9 Å². The first-order valence-corrected chi connectivity index (χ1v) is 9.78. The van der Waals surface area contributed by atoms with Crippen molar-refractivity contribution in [2.24, 2.45) is 10.9 Å². The van der Waals surface area contributed by atoms with Gasteiger partial charge in [0.1, 0.15) is 10.8 Å². The predicted molar refractivity (Wildman–Crippen MR) is 121 cm³/mol. The van der Waals surface area contributed by atoms with E-state index in [0.29, 0.717) is 23.5 Å². The molecule has 1 unspecified atom stereocenters. The summed E-state index contributed by atoms with van der Waals surface area (Å²) >= 11 is 0.962. The maximum atomic E-state index is 12.6. The van der Waals surface area contributed by atoms with E-state index in [9.17, 15) is 13.2 Å². The molecule has 2 aromatic rings. The van der Waals surface area contributed by atoms with Crippen LogP contribution in [-0.4, -0.2) is 24.6 Å². The van der Waals surface area contributed by atoms with Crippen LogP contribution in [-0.2, 0) is 12.7 Å². The number of guanidine groups is 1. The van der Waals surface area contributed by atoms with E-state index in [4.69, 9.17) is 4.74 Å². The minimum absolute atomic E-state index is 0. The van der Waals surface area contributed by atoms with E-state index in [1.807, 2.05) is 31.2 Å². The number of hydrogen-bond donors (Lipinski definition) is 2. The van der Waals surface area contributed by atoms with Gasteiger partial charge < -0.3 is 15.4 Å². The van der Waals surface area contributed by atoms with Crippen LogP contribution < -0.4 is 15.4 Å². The molecule has 0 bridgehead atoms. The summed E-state index contributed by atoms with van der Waals surface area (Å²) in [6.07, 6.45) is -4.42. The first-order valence-electron chi connectivity index (χ1n) is 8.90. The first kappa shape index (κ1) is 25.5. The maximum Gasteiger partial charge on any atom is 0.434 e. The van der Waals surface area contributed by atoms with Crippen molar-refractivity contribution in [2.45, 2.75) is 39.5 Å². The Morgan fingerprint density at radius 2 is 1.86 bits per heavy atom. The van der Waals surface area contributed by atoms with Crippen molar-refractivity contribution in [2.75, 3.05) is 13.7 Å². The number of aliphatic imine (C=N–C) groups is 1. The van der Waals surface area contributed by atoms with Crippen molar-refractivity contribution in [3.63, 3.8) is 0 Å². The van der Waals surface area contributed by atoms with Gasteiger partial charge in [-0.2, -0.15) is 13.2 Å². The number of nitrogens with one attached hydrogen (secondary N) is 2. The van der Waals surface area contributed by atoms with Gasteiger partial charge in [0.15, 0.2) is 11.7 Å². The van der Waals surface area contributed by atoms with E-state index in [1.165, 1.54) is 0 Å². The minimum Gasteiger partial charge on any atom is -0.493 e. The number of ether oxygens (including phenoxy) is 1. The van der Waals surface area contributed by atoms with Gasteiger partial charge in [-0.3, -0.25) is 4.99 Å². The topological polar surface area (TPSA) is 58.5 Å². The van der Waals surface area contributed by atoms with Gasteiger partial charge in [0.2, 0.25) is 0 Å². The molecule has 5 nitrogen and oxygen atoms in total. The number of nitrogens with zero attached hydrogens (tertiary/aromatic N) is 2. The number of benzene rings is 1. The van der Waals surface area contributed by atoms with Crippen molar-refractivity contribution in [1.29, 1.82) is 0 Å². The molecule has 0 radical (unpaired) electrons. The number of hydrogen-bond acceptors (Lipinski definition) is 4. The van der Waals surface area contributed by atoms with Gasteiger partial charge in [-0.1, -0.05) is 26.0 Å². The van der Waals surface area contributed by atoms with E-state index in [-0.39, 0.29) is 36.6 Å². The highest BCUT2D eigenvalue weighted by Crippen LogP contribution is 2.29. The number of halogens is 4. The van der Waals surface area contributed by atoms with Gasteiger partial charge >= 0.3 is 6.18 Å². The largest absolute Gasteiger partial charge is 0.493 e. The van der Waals surface area contributed by atoms with E-state index in [1.54, 1.807) is 7.05 Å². The van der Waals surface area contributed by atoms with Crippen molar-refractivity contribution in [3.05, 3.63) is 45.9 Å². The molecule has 0 spiro atoms. The van der Waals surface area contributed by atoms with Gasteiger partial charge in [0.25, 0.3) is 0 Å². The number of rotatable bonds is 7. The number of alkyl halides is 3. The van der Waals surface area contributed by atoms with Crippen LogP contribution in [0.2, 0.25) is 0 Å². The van der Waals surface area contributed by atoms with E-state index >= 15 is 0 Å². The molecule has 29 heavy (non-hydrogen) atoms. The van der Waals surface area contributed by atoms with Crippen LogP contribution in [0, 0.1) is 5.92 Å². The van der Waals surface area contributed by atoms with Gasteiger partial charge in [0.05, 0.1) is 19.2 Å². The van der Waals surface area contributed by atoms with Crippen LogP contribution in [0.1, 0.15) is 43.1 Å². The average molecular weight is 542 g/mol.